The predicted octanol–water partition coefficient (Wildman–Crippen LogP) is 4.86. The molecule has 0 fully saturated rings. The van der Waals surface area contributed by atoms with E-state index in [9.17, 15) is 4.79 Å². The normalized spacial score (nSPS) is 17.4. The van der Waals surface area contributed by atoms with E-state index >= 15 is 0 Å². The van der Waals surface area contributed by atoms with E-state index in [1.807, 2.05) is 18.2 Å². The van der Waals surface area contributed by atoms with Gasteiger partial charge in [-0.05, 0) is 69.9 Å². The lowest BCUT2D eigenvalue weighted by Crippen LogP contribution is -2.36. The van der Waals surface area contributed by atoms with Crippen LogP contribution in [0.15, 0.2) is 42.5 Å². The second-order valence-electron chi connectivity index (χ2n) is 9.27. The molecule has 2 aliphatic rings. The number of aryl methyl sites for hydroxylation is 1. The topological polar surface area (TPSA) is 74.7 Å². The highest BCUT2D eigenvalue weighted by atomic mass is 16.6. The molecule has 4 rings (SSSR count). The van der Waals surface area contributed by atoms with Crippen LogP contribution in [0.2, 0.25) is 0 Å². The van der Waals surface area contributed by atoms with Gasteiger partial charge < -0.3 is 14.4 Å². The van der Waals surface area contributed by atoms with Crippen molar-refractivity contribution in [3.63, 3.8) is 0 Å². The molecule has 1 unspecified atom stereocenters. The average Bonchev–Trinajstić information content (AvgIpc) is 3.13. The Kier molecular flexibility index (Phi) is 5.90. The highest BCUT2D eigenvalue weighted by Gasteiger charge is 2.27. The molecule has 2 aliphatic heterocycles. The third-order valence-electron chi connectivity index (χ3n) is 5.76. The van der Waals surface area contributed by atoms with Crippen molar-refractivity contribution in [2.75, 3.05) is 24.6 Å². The predicted molar refractivity (Wildman–Crippen MR) is 122 cm³/mol. The molecule has 164 valence electrons. The monoisotopic (exact) mass is 421 g/mol. The van der Waals surface area contributed by atoms with E-state index in [1.54, 1.807) is 20.8 Å². The maximum absolute atomic E-state index is 12.0. The zero-order valence-electron chi connectivity index (χ0n) is 18.5. The molecule has 31 heavy (non-hydrogen) atoms. The van der Waals surface area contributed by atoms with Crippen LogP contribution in [0.5, 0.6) is 5.75 Å². The standard InChI is InChI=1S/C25H31N3O3/c1-25(2,3)31-24(29)27-23(26)18-10-11-22-20(15-18)19(16-30-22)12-14-28-13-6-8-17-7-4-5-9-21(17)28/h4-5,7,9-11,15,19H,6,8,12-14,16H2,1-3H3,(H2,26,27,29). The molecule has 1 atom stereocenters. The molecule has 0 aromatic heterocycles. The van der Waals surface area contributed by atoms with E-state index in [1.165, 1.54) is 17.7 Å². The fourth-order valence-electron chi connectivity index (χ4n) is 4.31. The Morgan fingerprint density at radius 2 is 2.06 bits per heavy atom. The highest BCUT2D eigenvalue weighted by molar-refractivity contribution is 6.04. The lowest BCUT2D eigenvalue weighted by molar-refractivity contribution is 0.0563. The Morgan fingerprint density at radius 3 is 2.87 bits per heavy atom. The number of hydrogen-bond acceptors (Lipinski definition) is 5. The molecule has 2 aromatic carbocycles. The third kappa shape index (κ3) is 5.01. The van der Waals surface area contributed by atoms with E-state index in [0.29, 0.717) is 12.2 Å². The summed E-state index contributed by atoms with van der Waals surface area (Å²) >= 11 is 0. The number of nitrogens with one attached hydrogen (secondary N) is 2. The molecule has 2 heterocycles. The number of fused-ring (bicyclic) bond motifs is 2. The zero-order valence-corrected chi connectivity index (χ0v) is 18.5. The number of nitrogens with zero attached hydrogens (tertiary/aromatic N) is 1. The van der Waals surface area contributed by atoms with Crippen LogP contribution >= 0.6 is 0 Å². The van der Waals surface area contributed by atoms with Gasteiger partial charge in [-0.2, -0.15) is 0 Å². The molecule has 1 amide bonds. The number of alkyl carbamates (subject to hydrolysis) is 1. The Morgan fingerprint density at radius 1 is 1.26 bits per heavy atom. The molecule has 0 spiro atoms. The SMILES string of the molecule is CC(C)(C)OC(=O)NC(=N)c1ccc2c(c1)C(CCN1CCCc3ccccc31)CO2. The smallest absolute Gasteiger partial charge is 0.413 e. The van der Waals surface area contributed by atoms with Crippen molar-refractivity contribution in [3.05, 3.63) is 59.2 Å². The summed E-state index contributed by atoms with van der Waals surface area (Å²) < 4.78 is 11.2. The summed E-state index contributed by atoms with van der Waals surface area (Å²) in [6, 6.07) is 14.3. The summed E-state index contributed by atoms with van der Waals surface area (Å²) in [6.45, 7) is 8.11. The van der Waals surface area contributed by atoms with Crippen LogP contribution in [0.25, 0.3) is 0 Å². The number of carbonyl (C=O) groups is 1. The number of hydrogen-bond donors (Lipinski definition) is 2. The van der Waals surface area contributed by atoms with E-state index in [4.69, 9.17) is 14.9 Å². The van der Waals surface area contributed by atoms with E-state index in [2.05, 4.69) is 34.5 Å². The van der Waals surface area contributed by atoms with Crippen molar-refractivity contribution < 1.29 is 14.3 Å². The number of ether oxygens (including phenoxy) is 2. The quantitative estimate of drug-likeness (QED) is 0.546. The molecule has 0 bridgehead atoms. The molecule has 2 N–H and O–H groups in total. The zero-order chi connectivity index (χ0) is 22.0. The molecule has 6 heteroatoms. The first-order valence-corrected chi connectivity index (χ1v) is 11.0. The largest absolute Gasteiger partial charge is 0.493 e. The first-order chi connectivity index (χ1) is 14.8. The van der Waals surface area contributed by atoms with Crippen molar-refractivity contribution in [2.45, 2.75) is 51.6 Å². The molecule has 0 radical (unpaired) electrons. The summed E-state index contributed by atoms with van der Waals surface area (Å²) in [5.74, 6) is 1.18. The van der Waals surface area contributed by atoms with Crippen molar-refractivity contribution in [3.8, 4) is 5.75 Å². The first-order valence-electron chi connectivity index (χ1n) is 11.0. The Balaban J connectivity index is 1.42. The van der Waals surface area contributed by atoms with Gasteiger partial charge in [-0.1, -0.05) is 18.2 Å². The Hall–Kier alpha value is -3.02. The van der Waals surface area contributed by atoms with Gasteiger partial charge in [0, 0.05) is 35.8 Å². The molecule has 0 saturated heterocycles. The van der Waals surface area contributed by atoms with Gasteiger partial charge in [-0.15, -0.1) is 0 Å². The van der Waals surface area contributed by atoms with Gasteiger partial charge in [0.25, 0.3) is 0 Å². The van der Waals surface area contributed by atoms with Crippen LogP contribution < -0.4 is 15.0 Å². The maximum Gasteiger partial charge on any atom is 0.413 e. The summed E-state index contributed by atoms with van der Waals surface area (Å²) in [4.78, 5) is 14.5. The minimum atomic E-state index is -0.616. The van der Waals surface area contributed by atoms with Gasteiger partial charge in [0.15, 0.2) is 0 Å². The molecule has 0 aliphatic carbocycles. The second-order valence-corrected chi connectivity index (χ2v) is 9.27. The van der Waals surface area contributed by atoms with Crippen molar-refractivity contribution >= 4 is 17.6 Å². The van der Waals surface area contributed by atoms with E-state index in [0.717, 1.165) is 37.2 Å². The van der Waals surface area contributed by atoms with Gasteiger partial charge in [-0.25, -0.2) is 4.79 Å². The lowest BCUT2D eigenvalue weighted by atomic mass is 9.94. The molecule has 0 saturated carbocycles. The number of anilines is 1. The first kappa shape index (κ1) is 21.2. The fourth-order valence-corrected chi connectivity index (χ4v) is 4.31. The molecular formula is C25H31N3O3. The van der Waals surface area contributed by atoms with Gasteiger partial charge in [-0.3, -0.25) is 10.7 Å². The van der Waals surface area contributed by atoms with Crippen LogP contribution in [0.3, 0.4) is 0 Å². The van der Waals surface area contributed by atoms with Gasteiger partial charge in [0.05, 0.1) is 6.61 Å². The number of para-hydroxylation sites is 1. The molecule has 2 aromatic rings. The summed E-state index contributed by atoms with van der Waals surface area (Å²) in [5.41, 5.74) is 3.95. The fraction of sp³-hybridized carbons (Fsp3) is 0.440. The Labute approximate surface area is 184 Å². The Bertz CT molecular complexity index is 980. The number of rotatable bonds is 4. The van der Waals surface area contributed by atoms with Crippen LogP contribution in [0.1, 0.15) is 56.2 Å². The summed E-state index contributed by atoms with van der Waals surface area (Å²) in [5, 5.41) is 10.8. The number of amides is 1. The number of carbonyl (C=O) groups excluding carboxylic acids is 1. The number of amidine groups is 1. The van der Waals surface area contributed by atoms with Gasteiger partial charge in [0.1, 0.15) is 17.2 Å². The van der Waals surface area contributed by atoms with Crippen LogP contribution in [0.4, 0.5) is 10.5 Å². The van der Waals surface area contributed by atoms with Gasteiger partial charge >= 0.3 is 6.09 Å². The van der Waals surface area contributed by atoms with E-state index < -0.39 is 11.7 Å². The summed E-state index contributed by atoms with van der Waals surface area (Å²) in [6.07, 6.45) is 2.71. The lowest BCUT2D eigenvalue weighted by Gasteiger charge is -2.32. The van der Waals surface area contributed by atoms with Crippen molar-refractivity contribution in [1.82, 2.24) is 5.32 Å². The van der Waals surface area contributed by atoms with Crippen LogP contribution in [-0.4, -0.2) is 37.2 Å². The second kappa shape index (κ2) is 8.61. The summed E-state index contributed by atoms with van der Waals surface area (Å²) in [7, 11) is 0. The van der Waals surface area contributed by atoms with Crippen molar-refractivity contribution in [1.29, 1.82) is 5.41 Å². The van der Waals surface area contributed by atoms with Crippen LogP contribution in [0, 0.1) is 5.41 Å². The minimum absolute atomic E-state index is 0.0349. The molecular weight excluding hydrogens is 390 g/mol. The highest BCUT2D eigenvalue weighted by Crippen LogP contribution is 2.37. The minimum Gasteiger partial charge on any atom is -0.493 e. The molecule has 6 nitrogen and oxygen atoms in total. The van der Waals surface area contributed by atoms with E-state index in [-0.39, 0.29) is 11.8 Å². The van der Waals surface area contributed by atoms with Gasteiger partial charge in [0.2, 0.25) is 0 Å². The maximum atomic E-state index is 12.0. The van der Waals surface area contributed by atoms with Crippen molar-refractivity contribution in [2.24, 2.45) is 0 Å². The number of benzene rings is 2. The third-order valence-corrected chi connectivity index (χ3v) is 5.76. The van der Waals surface area contributed by atoms with Crippen LogP contribution in [-0.2, 0) is 11.2 Å². The average molecular weight is 422 g/mol.